The van der Waals surface area contributed by atoms with Gasteiger partial charge in [-0.2, -0.15) is 0 Å². The van der Waals surface area contributed by atoms with Crippen molar-refractivity contribution in [2.75, 3.05) is 0 Å². The summed E-state index contributed by atoms with van der Waals surface area (Å²) in [7, 11) is 0. The number of allylic oxidation sites excluding steroid dienone is 2. The average Bonchev–Trinajstić information content (AvgIpc) is 1.91. The van der Waals surface area contributed by atoms with Crippen LogP contribution in [0, 0.1) is 0 Å². The standard InChI is InChI=1S/C7H6F4/c1-4-5(2)7(10,11)3-6(4,8)9/h1-3H2. The van der Waals surface area contributed by atoms with Gasteiger partial charge in [-0.05, 0) is 0 Å². The van der Waals surface area contributed by atoms with Gasteiger partial charge in [0.25, 0.3) is 11.8 Å². The van der Waals surface area contributed by atoms with Crippen molar-refractivity contribution in [3.63, 3.8) is 0 Å². The summed E-state index contributed by atoms with van der Waals surface area (Å²) in [6, 6.07) is 0. The largest absolute Gasteiger partial charge is 0.279 e. The summed E-state index contributed by atoms with van der Waals surface area (Å²) in [6.07, 6.45) is -1.49. The minimum Gasteiger partial charge on any atom is -0.201 e. The molecule has 0 aromatic carbocycles. The van der Waals surface area contributed by atoms with Crippen LogP contribution in [0.1, 0.15) is 6.42 Å². The summed E-state index contributed by atoms with van der Waals surface area (Å²) in [5.74, 6) is -6.97. The zero-order valence-corrected chi connectivity index (χ0v) is 5.63. The third-order valence-electron chi connectivity index (χ3n) is 1.69. The molecule has 0 heterocycles. The summed E-state index contributed by atoms with van der Waals surface area (Å²) in [5.41, 5.74) is -1.69. The lowest BCUT2D eigenvalue weighted by molar-refractivity contribution is -0.0324. The van der Waals surface area contributed by atoms with Crippen molar-refractivity contribution >= 4 is 0 Å². The number of hydrogen-bond acceptors (Lipinski definition) is 0. The van der Waals surface area contributed by atoms with Gasteiger partial charge in [-0.15, -0.1) is 0 Å². The van der Waals surface area contributed by atoms with Gasteiger partial charge in [0, 0.05) is 11.1 Å². The molecule has 0 spiro atoms. The van der Waals surface area contributed by atoms with Crippen molar-refractivity contribution in [1.29, 1.82) is 0 Å². The van der Waals surface area contributed by atoms with Crippen molar-refractivity contribution < 1.29 is 17.6 Å². The van der Waals surface area contributed by atoms with Gasteiger partial charge in [-0.1, -0.05) is 13.2 Å². The van der Waals surface area contributed by atoms with Crippen LogP contribution in [-0.2, 0) is 0 Å². The van der Waals surface area contributed by atoms with Gasteiger partial charge in [-0.25, -0.2) is 17.6 Å². The van der Waals surface area contributed by atoms with Crippen LogP contribution in [-0.4, -0.2) is 11.8 Å². The van der Waals surface area contributed by atoms with Crippen LogP contribution in [0.25, 0.3) is 0 Å². The maximum atomic E-state index is 12.4. The third kappa shape index (κ3) is 1.06. The predicted molar refractivity (Wildman–Crippen MR) is 32.8 cm³/mol. The maximum Gasteiger partial charge on any atom is 0.279 e. The Morgan fingerprint density at radius 1 is 0.909 bits per heavy atom. The van der Waals surface area contributed by atoms with Crippen molar-refractivity contribution in [1.82, 2.24) is 0 Å². The highest BCUT2D eigenvalue weighted by Crippen LogP contribution is 2.50. The second-order valence-corrected chi connectivity index (χ2v) is 2.54. The first-order valence-electron chi connectivity index (χ1n) is 2.92. The molecule has 11 heavy (non-hydrogen) atoms. The molecule has 0 radical (unpaired) electrons. The van der Waals surface area contributed by atoms with Crippen LogP contribution in [0.4, 0.5) is 17.6 Å². The lowest BCUT2D eigenvalue weighted by Gasteiger charge is -2.07. The van der Waals surface area contributed by atoms with E-state index in [1.807, 2.05) is 0 Å². The van der Waals surface area contributed by atoms with Crippen molar-refractivity contribution in [3.05, 3.63) is 24.3 Å². The quantitative estimate of drug-likeness (QED) is 0.485. The molecule has 0 aliphatic heterocycles. The van der Waals surface area contributed by atoms with E-state index in [4.69, 9.17) is 0 Å². The van der Waals surface area contributed by atoms with E-state index in [0.29, 0.717) is 0 Å². The number of hydrogen-bond donors (Lipinski definition) is 0. The molecular formula is C7H6F4. The monoisotopic (exact) mass is 166 g/mol. The van der Waals surface area contributed by atoms with Crippen LogP contribution in [0.5, 0.6) is 0 Å². The Hall–Kier alpha value is -0.800. The Balaban J connectivity index is 3.06. The average molecular weight is 166 g/mol. The first-order chi connectivity index (χ1) is 4.77. The van der Waals surface area contributed by atoms with Crippen LogP contribution >= 0.6 is 0 Å². The van der Waals surface area contributed by atoms with Crippen LogP contribution in [0.15, 0.2) is 24.3 Å². The van der Waals surface area contributed by atoms with E-state index >= 15 is 0 Å². The first-order valence-corrected chi connectivity index (χ1v) is 2.92. The van der Waals surface area contributed by atoms with Gasteiger partial charge in [0.1, 0.15) is 0 Å². The highest BCUT2D eigenvalue weighted by atomic mass is 19.3. The van der Waals surface area contributed by atoms with E-state index in [0.717, 1.165) is 0 Å². The summed E-state index contributed by atoms with van der Waals surface area (Å²) in [4.78, 5) is 0. The van der Waals surface area contributed by atoms with Crippen LogP contribution in [0.3, 0.4) is 0 Å². The topological polar surface area (TPSA) is 0 Å². The molecule has 1 saturated carbocycles. The molecule has 4 heteroatoms. The second-order valence-electron chi connectivity index (χ2n) is 2.54. The summed E-state index contributed by atoms with van der Waals surface area (Å²) in [5, 5.41) is 0. The number of alkyl halides is 4. The number of halogens is 4. The fourth-order valence-electron chi connectivity index (χ4n) is 0.934. The smallest absolute Gasteiger partial charge is 0.201 e. The normalized spacial score (nSPS) is 27.6. The fraction of sp³-hybridized carbons (Fsp3) is 0.429. The van der Waals surface area contributed by atoms with Gasteiger partial charge in [0.2, 0.25) is 0 Å². The molecule has 0 N–H and O–H groups in total. The van der Waals surface area contributed by atoms with Crippen molar-refractivity contribution in [2.45, 2.75) is 18.3 Å². The Bertz CT molecular complexity index is 203. The maximum absolute atomic E-state index is 12.4. The first kappa shape index (κ1) is 8.30. The Labute approximate surface area is 61.2 Å². The molecule has 62 valence electrons. The minimum atomic E-state index is -3.49. The van der Waals surface area contributed by atoms with Crippen molar-refractivity contribution in [3.8, 4) is 0 Å². The highest BCUT2D eigenvalue weighted by molar-refractivity contribution is 5.43. The van der Waals surface area contributed by atoms with E-state index in [1.54, 1.807) is 0 Å². The molecule has 1 fully saturated rings. The Morgan fingerprint density at radius 3 is 1.27 bits per heavy atom. The van der Waals surface area contributed by atoms with E-state index in [-0.39, 0.29) is 0 Å². The van der Waals surface area contributed by atoms with E-state index < -0.39 is 29.4 Å². The van der Waals surface area contributed by atoms with Crippen molar-refractivity contribution in [2.24, 2.45) is 0 Å². The molecular weight excluding hydrogens is 160 g/mol. The summed E-state index contributed by atoms with van der Waals surface area (Å²) < 4.78 is 49.8. The molecule has 0 unspecified atom stereocenters. The Kier molecular flexibility index (Phi) is 1.41. The molecule has 0 bridgehead atoms. The second kappa shape index (κ2) is 1.87. The molecule has 1 aliphatic carbocycles. The van der Waals surface area contributed by atoms with Gasteiger partial charge in [0.15, 0.2) is 0 Å². The zero-order chi connectivity index (χ0) is 8.86. The van der Waals surface area contributed by atoms with E-state index in [9.17, 15) is 17.6 Å². The zero-order valence-electron chi connectivity index (χ0n) is 5.63. The molecule has 0 atom stereocenters. The van der Waals surface area contributed by atoms with Gasteiger partial charge < -0.3 is 0 Å². The lowest BCUT2D eigenvalue weighted by Crippen LogP contribution is -2.16. The molecule has 1 rings (SSSR count). The number of rotatable bonds is 0. The highest BCUT2D eigenvalue weighted by Gasteiger charge is 2.56. The molecule has 0 aromatic rings. The third-order valence-corrected chi connectivity index (χ3v) is 1.69. The van der Waals surface area contributed by atoms with Crippen LogP contribution in [0.2, 0.25) is 0 Å². The SMILES string of the molecule is C=C1C(=C)C(F)(F)CC1(F)F. The summed E-state index contributed by atoms with van der Waals surface area (Å²) in [6.45, 7) is 5.71. The molecule has 0 saturated heterocycles. The molecule has 0 nitrogen and oxygen atoms in total. The fourth-order valence-corrected chi connectivity index (χ4v) is 0.934. The molecule has 0 aromatic heterocycles. The molecule has 1 aliphatic rings. The lowest BCUT2D eigenvalue weighted by atomic mass is 10.1. The van der Waals surface area contributed by atoms with Gasteiger partial charge in [-0.3, -0.25) is 0 Å². The van der Waals surface area contributed by atoms with Gasteiger partial charge >= 0.3 is 0 Å². The Morgan fingerprint density at radius 2 is 1.18 bits per heavy atom. The van der Waals surface area contributed by atoms with Crippen LogP contribution < -0.4 is 0 Å². The predicted octanol–water partition coefficient (Wildman–Crippen LogP) is 2.77. The van der Waals surface area contributed by atoms with E-state index in [1.165, 1.54) is 0 Å². The molecule has 0 amide bonds. The van der Waals surface area contributed by atoms with Gasteiger partial charge in [0.05, 0.1) is 6.42 Å². The van der Waals surface area contributed by atoms with E-state index in [2.05, 4.69) is 13.2 Å². The minimum absolute atomic E-state index is 0.845. The summed E-state index contributed by atoms with van der Waals surface area (Å²) >= 11 is 0.